The van der Waals surface area contributed by atoms with E-state index in [4.69, 9.17) is 4.74 Å². The second-order valence-corrected chi connectivity index (χ2v) is 9.84. The fourth-order valence-electron chi connectivity index (χ4n) is 3.56. The highest BCUT2D eigenvalue weighted by Crippen LogP contribution is 2.43. The monoisotopic (exact) mass is 324 g/mol. The fraction of sp³-hybridized carbons (Fsp3) is 0.889. The molecule has 2 aliphatic rings. The third kappa shape index (κ3) is 3.81. The zero-order valence-corrected chi connectivity index (χ0v) is 15.9. The van der Waals surface area contributed by atoms with Crippen molar-refractivity contribution in [3.05, 3.63) is 0 Å². The average molecular weight is 324 g/mol. The van der Waals surface area contributed by atoms with E-state index in [9.17, 15) is 9.59 Å². The zero-order chi connectivity index (χ0) is 17.8. The molecule has 2 aliphatic heterocycles. The highest BCUT2D eigenvalue weighted by atomic mass is 16.6. The van der Waals surface area contributed by atoms with Crippen LogP contribution < -0.4 is 0 Å². The second-order valence-electron chi connectivity index (χ2n) is 9.84. The Kier molecular flexibility index (Phi) is 4.23. The minimum Gasteiger partial charge on any atom is -0.444 e. The van der Waals surface area contributed by atoms with Crippen LogP contribution in [-0.2, 0) is 9.53 Å². The van der Waals surface area contributed by atoms with E-state index in [-0.39, 0.29) is 35.0 Å². The van der Waals surface area contributed by atoms with Crippen LogP contribution in [0.25, 0.3) is 0 Å². The van der Waals surface area contributed by atoms with Crippen molar-refractivity contribution in [2.24, 2.45) is 10.8 Å². The van der Waals surface area contributed by atoms with Crippen molar-refractivity contribution in [3.63, 3.8) is 0 Å². The first-order valence-corrected chi connectivity index (χ1v) is 8.52. The lowest BCUT2D eigenvalue weighted by molar-refractivity contribution is -0.141. The number of fused-ring (bicyclic) bond motifs is 1. The van der Waals surface area contributed by atoms with Gasteiger partial charge in [0.25, 0.3) is 0 Å². The predicted molar refractivity (Wildman–Crippen MR) is 89.8 cm³/mol. The summed E-state index contributed by atoms with van der Waals surface area (Å²) in [7, 11) is 0. The van der Waals surface area contributed by atoms with Crippen molar-refractivity contribution in [1.29, 1.82) is 0 Å². The molecular weight excluding hydrogens is 292 g/mol. The smallest absolute Gasteiger partial charge is 0.412 e. The van der Waals surface area contributed by atoms with Crippen LogP contribution in [0.5, 0.6) is 0 Å². The topological polar surface area (TPSA) is 49.9 Å². The average Bonchev–Trinajstić information content (AvgIpc) is 2.63. The maximum Gasteiger partial charge on any atom is 0.412 e. The van der Waals surface area contributed by atoms with Crippen molar-refractivity contribution < 1.29 is 14.3 Å². The lowest BCUT2D eigenvalue weighted by Crippen LogP contribution is -2.54. The van der Waals surface area contributed by atoms with E-state index < -0.39 is 5.60 Å². The quantitative estimate of drug-likeness (QED) is 0.684. The molecule has 0 aromatic rings. The predicted octanol–water partition coefficient (Wildman–Crippen LogP) is 3.63. The van der Waals surface area contributed by atoms with E-state index in [2.05, 4.69) is 34.6 Å². The molecule has 2 heterocycles. The van der Waals surface area contributed by atoms with E-state index in [1.807, 2.05) is 30.6 Å². The van der Waals surface area contributed by atoms with Crippen molar-refractivity contribution in [2.45, 2.75) is 86.0 Å². The molecule has 0 N–H and O–H groups in total. The summed E-state index contributed by atoms with van der Waals surface area (Å²) in [5.41, 5.74) is -0.745. The number of carbonyl (C=O) groups is 2. The Bertz CT molecular complexity index is 499. The largest absolute Gasteiger partial charge is 0.444 e. The lowest BCUT2D eigenvalue weighted by atomic mass is 9.80. The van der Waals surface area contributed by atoms with E-state index in [1.165, 1.54) is 0 Å². The number of amides is 2. The first-order chi connectivity index (χ1) is 10.2. The Morgan fingerprint density at radius 3 is 2.22 bits per heavy atom. The molecular formula is C18H32N2O3. The van der Waals surface area contributed by atoms with Gasteiger partial charge >= 0.3 is 6.09 Å². The van der Waals surface area contributed by atoms with Gasteiger partial charge in [-0.25, -0.2) is 4.79 Å². The van der Waals surface area contributed by atoms with Crippen molar-refractivity contribution in [1.82, 2.24) is 9.80 Å². The Morgan fingerprint density at radius 1 is 1.17 bits per heavy atom. The van der Waals surface area contributed by atoms with Gasteiger partial charge in [0.2, 0.25) is 5.91 Å². The molecule has 5 heteroatoms. The molecule has 2 amide bonds. The molecule has 0 spiro atoms. The molecule has 2 saturated heterocycles. The molecule has 0 aromatic heterocycles. The second kappa shape index (κ2) is 5.38. The summed E-state index contributed by atoms with van der Waals surface area (Å²) in [6, 6.07) is -0.0276. The Hall–Kier alpha value is -1.26. The first kappa shape index (κ1) is 18.1. The van der Waals surface area contributed by atoms with Crippen LogP contribution in [0.2, 0.25) is 0 Å². The maximum absolute atomic E-state index is 12.9. The van der Waals surface area contributed by atoms with Gasteiger partial charge in [-0.3, -0.25) is 9.69 Å². The molecule has 132 valence electrons. The molecule has 0 aliphatic carbocycles. The van der Waals surface area contributed by atoms with E-state index in [0.717, 1.165) is 6.42 Å². The maximum atomic E-state index is 12.9. The number of piperidine rings is 1. The van der Waals surface area contributed by atoms with Gasteiger partial charge in [-0.2, -0.15) is 0 Å². The van der Waals surface area contributed by atoms with Crippen molar-refractivity contribution >= 4 is 12.0 Å². The van der Waals surface area contributed by atoms with Crippen LogP contribution in [0.4, 0.5) is 4.79 Å². The normalized spacial score (nSPS) is 27.9. The van der Waals surface area contributed by atoms with Crippen LogP contribution in [0.15, 0.2) is 0 Å². The van der Waals surface area contributed by atoms with Crippen LogP contribution in [0.1, 0.15) is 68.2 Å². The number of carbonyl (C=O) groups excluding carboxylic acids is 2. The summed E-state index contributed by atoms with van der Waals surface area (Å²) in [6.07, 6.45) is 0.841. The Morgan fingerprint density at radius 2 is 1.74 bits per heavy atom. The molecule has 2 fully saturated rings. The van der Waals surface area contributed by atoms with Crippen LogP contribution in [0.3, 0.4) is 0 Å². The van der Waals surface area contributed by atoms with E-state index in [0.29, 0.717) is 13.0 Å². The summed E-state index contributed by atoms with van der Waals surface area (Å²) >= 11 is 0. The molecule has 0 unspecified atom stereocenters. The fourth-order valence-corrected chi connectivity index (χ4v) is 3.56. The number of hydrogen-bond acceptors (Lipinski definition) is 3. The molecule has 0 radical (unpaired) electrons. The number of nitrogens with zero attached hydrogens (tertiary/aromatic N) is 2. The van der Waals surface area contributed by atoms with Gasteiger partial charge in [0.05, 0.1) is 6.04 Å². The zero-order valence-electron chi connectivity index (χ0n) is 15.9. The van der Waals surface area contributed by atoms with Crippen LogP contribution >= 0.6 is 0 Å². The summed E-state index contributed by atoms with van der Waals surface area (Å²) < 4.78 is 5.65. The Balaban J connectivity index is 2.36. The Labute approximate surface area is 140 Å². The summed E-state index contributed by atoms with van der Waals surface area (Å²) in [5.74, 6) is 0.145. The van der Waals surface area contributed by atoms with Gasteiger partial charge < -0.3 is 9.64 Å². The molecule has 5 nitrogen and oxygen atoms in total. The van der Waals surface area contributed by atoms with Gasteiger partial charge in [-0.05, 0) is 38.0 Å². The van der Waals surface area contributed by atoms with Gasteiger partial charge in [0, 0.05) is 13.0 Å². The molecule has 0 aromatic carbocycles. The van der Waals surface area contributed by atoms with Crippen LogP contribution in [-0.4, -0.2) is 46.2 Å². The lowest BCUT2D eigenvalue weighted by Gasteiger charge is -2.43. The van der Waals surface area contributed by atoms with Crippen molar-refractivity contribution in [3.8, 4) is 0 Å². The third-order valence-electron chi connectivity index (χ3n) is 4.68. The van der Waals surface area contributed by atoms with Gasteiger partial charge in [-0.15, -0.1) is 0 Å². The highest BCUT2D eigenvalue weighted by Gasteiger charge is 2.53. The summed E-state index contributed by atoms with van der Waals surface area (Å²) in [6.45, 7) is 16.8. The molecule has 2 atom stereocenters. The molecule has 0 bridgehead atoms. The van der Waals surface area contributed by atoms with Gasteiger partial charge in [0.1, 0.15) is 11.8 Å². The number of hydrogen-bond donors (Lipinski definition) is 0. The molecule has 0 saturated carbocycles. The van der Waals surface area contributed by atoms with Crippen LogP contribution in [0, 0.1) is 10.8 Å². The number of rotatable bonds is 0. The summed E-state index contributed by atoms with van der Waals surface area (Å²) in [4.78, 5) is 29.1. The summed E-state index contributed by atoms with van der Waals surface area (Å²) in [5, 5.41) is 0. The van der Waals surface area contributed by atoms with E-state index >= 15 is 0 Å². The van der Waals surface area contributed by atoms with Gasteiger partial charge in [0.15, 0.2) is 0 Å². The highest BCUT2D eigenvalue weighted by molar-refractivity contribution is 5.80. The van der Waals surface area contributed by atoms with Crippen molar-refractivity contribution in [2.75, 3.05) is 6.54 Å². The van der Waals surface area contributed by atoms with Gasteiger partial charge in [-0.1, -0.05) is 34.6 Å². The minimum atomic E-state index is -0.541. The third-order valence-corrected chi connectivity index (χ3v) is 4.68. The minimum absolute atomic E-state index is 0.0276. The van der Waals surface area contributed by atoms with E-state index in [1.54, 1.807) is 0 Å². The first-order valence-electron chi connectivity index (χ1n) is 8.52. The SMILES string of the molecule is CC1(C)CC(=O)N2C[C@H](C(C)(C)C)N(C(=O)OC(C)(C)C)[C@H]2C1. The standard InChI is InChI=1S/C18H32N2O3/c1-16(2,3)12-11-19-13(9-18(7,8)10-14(19)21)20(12)15(22)23-17(4,5)6/h12-13H,9-11H2,1-8H3/t12-,13+/m1/s1. The molecule has 2 rings (SSSR count). The molecule has 23 heavy (non-hydrogen) atoms. The number of ether oxygens (including phenoxy) is 1.